The molecule has 1 aromatic heterocycles. The van der Waals surface area contributed by atoms with Gasteiger partial charge in [0, 0.05) is 38.6 Å². The lowest BCUT2D eigenvalue weighted by Crippen LogP contribution is -2.53. The molecule has 2 aliphatic heterocycles. The van der Waals surface area contributed by atoms with Crippen molar-refractivity contribution in [3.63, 3.8) is 0 Å². The average Bonchev–Trinajstić information content (AvgIpc) is 3.08. The lowest BCUT2D eigenvalue weighted by Gasteiger charge is -2.41. The number of rotatable bonds is 3. The Kier molecular flexibility index (Phi) is 4.55. The van der Waals surface area contributed by atoms with Gasteiger partial charge in [0.2, 0.25) is 0 Å². The number of amides is 1. The summed E-state index contributed by atoms with van der Waals surface area (Å²) in [5.74, 6) is 1.10. The number of aromatic nitrogens is 2. The van der Waals surface area contributed by atoms with Crippen LogP contribution in [0.15, 0.2) is 12.4 Å². The third-order valence-corrected chi connectivity index (χ3v) is 4.50. The minimum absolute atomic E-state index is 0.155. The number of nitrogens with zero attached hydrogens (tertiary/aromatic N) is 3. The molecule has 2 fully saturated rings. The van der Waals surface area contributed by atoms with Gasteiger partial charge >= 0.3 is 0 Å². The van der Waals surface area contributed by atoms with Gasteiger partial charge in [0.15, 0.2) is 0 Å². The summed E-state index contributed by atoms with van der Waals surface area (Å²) < 4.78 is 5.64. The second-order valence-electron chi connectivity index (χ2n) is 5.76. The van der Waals surface area contributed by atoms with E-state index >= 15 is 0 Å². The highest BCUT2D eigenvalue weighted by Crippen LogP contribution is 2.24. The van der Waals surface area contributed by atoms with E-state index in [0.717, 1.165) is 44.7 Å². The summed E-state index contributed by atoms with van der Waals surface area (Å²) in [6, 6.07) is 0.159. The molecule has 0 radical (unpaired) electrons. The number of carbonyl (C=O) groups excluding carboxylic acids is 1. The first-order valence-electron chi connectivity index (χ1n) is 7.93. The van der Waals surface area contributed by atoms with Crippen molar-refractivity contribution >= 4 is 5.91 Å². The van der Waals surface area contributed by atoms with Gasteiger partial charge in [-0.25, -0.2) is 4.98 Å². The molecule has 0 spiro atoms. The molecule has 6 heteroatoms. The first-order chi connectivity index (χ1) is 10.3. The Labute approximate surface area is 125 Å². The summed E-state index contributed by atoms with van der Waals surface area (Å²) in [6.07, 6.45) is 6.40. The van der Waals surface area contributed by atoms with Crippen molar-refractivity contribution in [3.8, 4) is 0 Å². The number of imidazole rings is 1. The van der Waals surface area contributed by atoms with Gasteiger partial charge in [-0.2, -0.15) is 0 Å². The number of aromatic amines is 1. The van der Waals surface area contributed by atoms with E-state index in [4.69, 9.17) is 4.74 Å². The number of likely N-dealkylation sites (N-methyl/N-ethyl adjacent to an activating group) is 1. The van der Waals surface area contributed by atoms with E-state index in [2.05, 4.69) is 21.8 Å². The summed E-state index contributed by atoms with van der Waals surface area (Å²) in [5.41, 5.74) is 0. The number of hydrogen-bond acceptors (Lipinski definition) is 4. The van der Waals surface area contributed by atoms with E-state index in [1.54, 1.807) is 6.20 Å². The molecular formula is C15H24N4O2. The lowest BCUT2D eigenvalue weighted by molar-refractivity contribution is -0.149. The van der Waals surface area contributed by atoms with Gasteiger partial charge in [0.05, 0.1) is 6.04 Å². The molecule has 3 rings (SSSR count). The monoisotopic (exact) mass is 292 g/mol. The Morgan fingerprint density at radius 1 is 1.48 bits per heavy atom. The Balaban J connectivity index is 1.68. The maximum absolute atomic E-state index is 12.6. The zero-order valence-corrected chi connectivity index (χ0v) is 12.6. The van der Waals surface area contributed by atoms with E-state index < -0.39 is 0 Å². The third kappa shape index (κ3) is 3.11. The van der Waals surface area contributed by atoms with Crippen LogP contribution >= 0.6 is 0 Å². The lowest BCUT2D eigenvalue weighted by atomic mass is 10.1. The van der Waals surface area contributed by atoms with Crippen molar-refractivity contribution in [1.82, 2.24) is 19.8 Å². The molecule has 2 saturated heterocycles. The molecule has 3 heterocycles. The van der Waals surface area contributed by atoms with Gasteiger partial charge in [-0.3, -0.25) is 9.69 Å². The normalized spacial score (nSPS) is 27.8. The molecule has 1 N–H and O–H groups in total. The quantitative estimate of drug-likeness (QED) is 0.909. The molecule has 21 heavy (non-hydrogen) atoms. The molecule has 0 saturated carbocycles. The molecular weight excluding hydrogens is 268 g/mol. The largest absolute Gasteiger partial charge is 0.368 e. The number of hydrogen-bond donors (Lipinski definition) is 1. The van der Waals surface area contributed by atoms with Crippen LogP contribution in [0.2, 0.25) is 0 Å². The zero-order chi connectivity index (χ0) is 14.7. The summed E-state index contributed by atoms with van der Waals surface area (Å²) in [4.78, 5) is 24.5. The number of piperazine rings is 1. The van der Waals surface area contributed by atoms with E-state index in [1.165, 1.54) is 0 Å². The van der Waals surface area contributed by atoms with Crippen LogP contribution in [0, 0.1) is 0 Å². The van der Waals surface area contributed by atoms with Crippen LogP contribution in [-0.4, -0.2) is 64.6 Å². The van der Waals surface area contributed by atoms with E-state index in [1.807, 2.05) is 11.1 Å². The average molecular weight is 292 g/mol. The number of nitrogens with one attached hydrogen (secondary N) is 1. The highest BCUT2D eigenvalue weighted by molar-refractivity contribution is 5.81. The van der Waals surface area contributed by atoms with Crippen LogP contribution < -0.4 is 0 Å². The molecule has 1 aromatic rings. The van der Waals surface area contributed by atoms with Crippen molar-refractivity contribution < 1.29 is 9.53 Å². The maximum atomic E-state index is 12.6. The number of ether oxygens (including phenoxy) is 1. The highest BCUT2D eigenvalue weighted by atomic mass is 16.5. The predicted octanol–water partition coefficient (Wildman–Crippen LogP) is 1.18. The molecule has 2 aliphatic rings. The first-order valence-corrected chi connectivity index (χ1v) is 7.93. The van der Waals surface area contributed by atoms with E-state index in [-0.39, 0.29) is 18.1 Å². The molecule has 0 unspecified atom stereocenters. The van der Waals surface area contributed by atoms with Crippen LogP contribution in [0.25, 0.3) is 0 Å². The van der Waals surface area contributed by atoms with Crippen molar-refractivity contribution in [1.29, 1.82) is 0 Å². The molecule has 116 valence electrons. The third-order valence-electron chi connectivity index (χ3n) is 4.50. The van der Waals surface area contributed by atoms with Crippen LogP contribution in [0.5, 0.6) is 0 Å². The van der Waals surface area contributed by atoms with Gasteiger partial charge in [0.25, 0.3) is 5.91 Å². The van der Waals surface area contributed by atoms with Crippen LogP contribution in [0.1, 0.15) is 38.1 Å². The Morgan fingerprint density at radius 3 is 3.05 bits per heavy atom. The zero-order valence-electron chi connectivity index (χ0n) is 12.6. The fourth-order valence-electron chi connectivity index (χ4n) is 3.26. The fraction of sp³-hybridized carbons (Fsp3) is 0.733. The fourth-order valence-corrected chi connectivity index (χ4v) is 3.26. The smallest absolute Gasteiger partial charge is 0.251 e. The minimum Gasteiger partial charge on any atom is -0.368 e. The van der Waals surface area contributed by atoms with Gasteiger partial charge < -0.3 is 14.6 Å². The maximum Gasteiger partial charge on any atom is 0.251 e. The second kappa shape index (κ2) is 6.58. The van der Waals surface area contributed by atoms with Crippen molar-refractivity contribution in [2.24, 2.45) is 0 Å². The standard InChI is InChI=1S/C15H24N4O2/c1-2-18-8-9-19(11-12(18)14-16-6-7-17-14)15(20)13-5-3-4-10-21-13/h6-7,12-13H,2-5,8-11H2,1H3,(H,16,17)/t12-,13-/m1/s1. The van der Waals surface area contributed by atoms with E-state index in [9.17, 15) is 4.79 Å². The Morgan fingerprint density at radius 2 is 2.38 bits per heavy atom. The first kappa shape index (κ1) is 14.5. The van der Waals surface area contributed by atoms with Crippen molar-refractivity contribution in [2.45, 2.75) is 38.3 Å². The Hall–Kier alpha value is -1.40. The Bertz CT molecular complexity index is 456. The topological polar surface area (TPSA) is 61.5 Å². The minimum atomic E-state index is -0.232. The highest BCUT2D eigenvalue weighted by Gasteiger charge is 2.34. The van der Waals surface area contributed by atoms with E-state index in [0.29, 0.717) is 13.2 Å². The predicted molar refractivity (Wildman–Crippen MR) is 78.7 cm³/mol. The SMILES string of the molecule is CCN1CCN(C(=O)[C@H]2CCCCO2)C[C@@H]1c1ncc[nH]1. The number of H-pyrrole nitrogens is 1. The van der Waals surface area contributed by atoms with Gasteiger partial charge in [0.1, 0.15) is 11.9 Å². The van der Waals surface area contributed by atoms with Gasteiger partial charge in [-0.05, 0) is 25.8 Å². The van der Waals surface area contributed by atoms with Crippen molar-refractivity contribution in [2.75, 3.05) is 32.8 Å². The van der Waals surface area contributed by atoms with Gasteiger partial charge in [-0.15, -0.1) is 0 Å². The van der Waals surface area contributed by atoms with Crippen LogP contribution in [0.4, 0.5) is 0 Å². The van der Waals surface area contributed by atoms with Gasteiger partial charge in [-0.1, -0.05) is 6.92 Å². The van der Waals surface area contributed by atoms with Crippen LogP contribution in [-0.2, 0) is 9.53 Å². The van der Waals surface area contributed by atoms with Crippen LogP contribution in [0.3, 0.4) is 0 Å². The molecule has 6 nitrogen and oxygen atoms in total. The summed E-state index contributed by atoms with van der Waals surface area (Å²) in [6.45, 7) is 6.20. The molecule has 0 bridgehead atoms. The summed E-state index contributed by atoms with van der Waals surface area (Å²) in [7, 11) is 0. The summed E-state index contributed by atoms with van der Waals surface area (Å²) >= 11 is 0. The molecule has 0 aromatic carbocycles. The summed E-state index contributed by atoms with van der Waals surface area (Å²) in [5, 5.41) is 0. The molecule has 2 atom stereocenters. The second-order valence-corrected chi connectivity index (χ2v) is 5.76. The van der Waals surface area contributed by atoms with Crippen molar-refractivity contribution in [3.05, 3.63) is 18.2 Å². The molecule has 1 amide bonds. The number of carbonyl (C=O) groups is 1. The molecule has 0 aliphatic carbocycles.